The maximum Gasteiger partial charge on any atom is 0.390 e. The maximum atomic E-state index is 12.7. The van der Waals surface area contributed by atoms with Crippen molar-refractivity contribution in [3.05, 3.63) is 57.2 Å². The molecule has 0 saturated heterocycles. The standard InChI is InChI=1S/C14H13ClF3NS/c15-13-7-6-11(20-13)9-19-12(8-14(16,17)18)10-4-2-1-3-5-10/h1-7,12,19H,8-9H2. The molecule has 1 unspecified atom stereocenters. The van der Waals surface area contributed by atoms with Crippen molar-refractivity contribution in [1.29, 1.82) is 0 Å². The van der Waals surface area contributed by atoms with E-state index >= 15 is 0 Å². The summed E-state index contributed by atoms with van der Waals surface area (Å²) in [6.07, 6.45) is -5.10. The van der Waals surface area contributed by atoms with Gasteiger partial charge in [0.2, 0.25) is 0 Å². The lowest BCUT2D eigenvalue weighted by atomic mass is 10.0. The highest BCUT2D eigenvalue weighted by atomic mass is 35.5. The molecule has 0 aliphatic carbocycles. The molecule has 6 heteroatoms. The van der Waals surface area contributed by atoms with Crippen LogP contribution in [0.2, 0.25) is 4.34 Å². The molecule has 0 saturated carbocycles. The van der Waals surface area contributed by atoms with E-state index in [2.05, 4.69) is 5.32 Å². The molecular formula is C14H13ClF3NS. The van der Waals surface area contributed by atoms with E-state index in [1.807, 2.05) is 6.07 Å². The monoisotopic (exact) mass is 319 g/mol. The van der Waals surface area contributed by atoms with Crippen molar-refractivity contribution < 1.29 is 13.2 Å². The first kappa shape index (κ1) is 15.4. The first-order chi connectivity index (χ1) is 9.44. The molecule has 1 nitrogen and oxygen atoms in total. The van der Waals surface area contributed by atoms with Crippen molar-refractivity contribution >= 4 is 22.9 Å². The first-order valence-electron chi connectivity index (χ1n) is 6.03. The molecule has 0 bridgehead atoms. The van der Waals surface area contributed by atoms with Crippen LogP contribution in [-0.4, -0.2) is 6.18 Å². The van der Waals surface area contributed by atoms with Gasteiger partial charge < -0.3 is 5.32 Å². The van der Waals surface area contributed by atoms with Gasteiger partial charge in [-0.05, 0) is 17.7 Å². The number of thiophene rings is 1. The topological polar surface area (TPSA) is 12.0 Å². The highest BCUT2D eigenvalue weighted by Crippen LogP contribution is 2.30. The molecule has 20 heavy (non-hydrogen) atoms. The van der Waals surface area contributed by atoms with E-state index in [1.54, 1.807) is 36.4 Å². The summed E-state index contributed by atoms with van der Waals surface area (Å²) in [6.45, 7) is 0.368. The van der Waals surface area contributed by atoms with Gasteiger partial charge in [-0.3, -0.25) is 0 Å². The Morgan fingerprint density at radius 1 is 1.10 bits per heavy atom. The number of alkyl halides is 3. The molecule has 108 valence electrons. The molecule has 1 N–H and O–H groups in total. The largest absolute Gasteiger partial charge is 0.390 e. The van der Waals surface area contributed by atoms with Gasteiger partial charge in [0.15, 0.2) is 0 Å². The Morgan fingerprint density at radius 2 is 1.80 bits per heavy atom. The van der Waals surface area contributed by atoms with E-state index in [0.717, 1.165) is 4.88 Å². The minimum atomic E-state index is -4.21. The first-order valence-corrected chi connectivity index (χ1v) is 7.23. The van der Waals surface area contributed by atoms with Crippen molar-refractivity contribution in [1.82, 2.24) is 5.32 Å². The smallest absolute Gasteiger partial charge is 0.305 e. The lowest BCUT2D eigenvalue weighted by Gasteiger charge is -2.20. The van der Waals surface area contributed by atoms with Crippen LogP contribution in [0.15, 0.2) is 42.5 Å². The zero-order valence-electron chi connectivity index (χ0n) is 10.5. The van der Waals surface area contributed by atoms with E-state index in [-0.39, 0.29) is 0 Å². The van der Waals surface area contributed by atoms with Crippen LogP contribution in [0.5, 0.6) is 0 Å². The number of benzene rings is 1. The van der Waals surface area contributed by atoms with Gasteiger partial charge in [-0.1, -0.05) is 41.9 Å². The number of hydrogen-bond acceptors (Lipinski definition) is 2. The Hall–Kier alpha value is -1.04. The van der Waals surface area contributed by atoms with Crippen LogP contribution in [0.1, 0.15) is 22.9 Å². The third-order valence-electron chi connectivity index (χ3n) is 2.79. The summed E-state index contributed by atoms with van der Waals surface area (Å²) < 4.78 is 38.6. The van der Waals surface area contributed by atoms with Gasteiger partial charge in [-0.25, -0.2) is 0 Å². The SMILES string of the molecule is FC(F)(F)CC(NCc1ccc(Cl)s1)c1ccccc1. The summed E-state index contributed by atoms with van der Waals surface area (Å²) in [4.78, 5) is 0.915. The zero-order valence-corrected chi connectivity index (χ0v) is 12.0. The van der Waals surface area contributed by atoms with Crippen molar-refractivity contribution in [2.75, 3.05) is 0 Å². The van der Waals surface area contributed by atoms with Crippen molar-refractivity contribution in [2.24, 2.45) is 0 Å². The molecule has 0 fully saturated rings. The normalized spacial score (nSPS) is 13.4. The highest BCUT2D eigenvalue weighted by molar-refractivity contribution is 7.16. The van der Waals surface area contributed by atoms with Gasteiger partial charge in [-0.15, -0.1) is 11.3 Å². The number of hydrogen-bond donors (Lipinski definition) is 1. The lowest BCUT2D eigenvalue weighted by Crippen LogP contribution is -2.26. The third kappa shape index (κ3) is 4.81. The molecule has 0 amide bonds. The van der Waals surface area contributed by atoms with Gasteiger partial charge in [-0.2, -0.15) is 13.2 Å². The predicted molar refractivity (Wildman–Crippen MR) is 76.0 cm³/mol. The average Bonchev–Trinajstić information content (AvgIpc) is 2.80. The number of nitrogens with one attached hydrogen (secondary N) is 1. The van der Waals surface area contributed by atoms with Crippen molar-refractivity contribution in [2.45, 2.75) is 25.2 Å². The van der Waals surface area contributed by atoms with Crippen LogP contribution in [0.3, 0.4) is 0 Å². The van der Waals surface area contributed by atoms with E-state index in [9.17, 15) is 13.2 Å². The van der Waals surface area contributed by atoms with Gasteiger partial charge in [0.25, 0.3) is 0 Å². The van der Waals surface area contributed by atoms with Gasteiger partial charge in [0.1, 0.15) is 0 Å². The molecule has 0 spiro atoms. The summed E-state index contributed by atoms with van der Waals surface area (Å²) in [5, 5.41) is 2.95. The second kappa shape index (κ2) is 6.61. The van der Waals surface area contributed by atoms with E-state index < -0.39 is 18.6 Å². The molecule has 1 aromatic heterocycles. The fraction of sp³-hybridized carbons (Fsp3) is 0.286. The fourth-order valence-corrected chi connectivity index (χ4v) is 2.93. The second-order valence-corrected chi connectivity index (χ2v) is 6.17. The average molecular weight is 320 g/mol. The molecule has 2 rings (SSSR count). The van der Waals surface area contributed by atoms with Crippen LogP contribution in [0.4, 0.5) is 13.2 Å². The van der Waals surface area contributed by atoms with E-state index in [0.29, 0.717) is 16.4 Å². The van der Waals surface area contributed by atoms with Crippen LogP contribution in [-0.2, 0) is 6.54 Å². The summed E-state index contributed by atoms with van der Waals surface area (Å²) in [7, 11) is 0. The summed E-state index contributed by atoms with van der Waals surface area (Å²) in [6, 6.07) is 11.5. The number of halogens is 4. The highest BCUT2D eigenvalue weighted by Gasteiger charge is 2.32. The van der Waals surface area contributed by atoms with Gasteiger partial charge in [0.05, 0.1) is 10.8 Å². The third-order valence-corrected chi connectivity index (χ3v) is 4.02. The van der Waals surface area contributed by atoms with E-state index in [1.165, 1.54) is 11.3 Å². The molecule has 1 heterocycles. The summed E-state index contributed by atoms with van der Waals surface area (Å²) >= 11 is 7.17. The Balaban J connectivity index is 2.07. The minimum Gasteiger partial charge on any atom is -0.305 e. The van der Waals surface area contributed by atoms with Crippen LogP contribution >= 0.6 is 22.9 Å². The minimum absolute atomic E-state index is 0.368. The molecule has 1 aromatic carbocycles. The molecule has 2 aromatic rings. The molecular weight excluding hydrogens is 307 g/mol. The van der Waals surface area contributed by atoms with Crippen LogP contribution in [0.25, 0.3) is 0 Å². The van der Waals surface area contributed by atoms with Crippen molar-refractivity contribution in [3.8, 4) is 0 Å². The Kier molecular flexibility index (Phi) is 5.07. The second-order valence-electron chi connectivity index (χ2n) is 4.37. The molecule has 0 aliphatic rings. The van der Waals surface area contributed by atoms with Gasteiger partial charge in [0, 0.05) is 17.5 Å². The van der Waals surface area contributed by atoms with E-state index in [4.69, 9.17) is 11.6 Å². The van der Waals surface area contributed by atoms with Crippen LogP contribution in [0, 0.1) is 0 Å². The Bertz CT molecular complexity index is 539. The predicted octanol–water partition coefficient (Wildman–Crippen LogP) is 5.18. The molecule has 0 aliphatic heterocycles. The zero-order chi connectivity index (χ0) is 14.6. The fourth-order valence-electron chi connectivity index (χ4n) is 1.90. The van der Waals surface area contributed by atoms with Crippen LogP contribution < -0.4 is 5.32 Å². The Labute approximate surface area is 124 Å². The Morgan fingerprint density at radius 3 is 2.35 bits per heavy atom. The molecule has 0 radical (unpaired) electrons. The summed E-state index contributed by atoms with van der Waals surface area (Å²) in [5.74, 6) is 0. The maximum absolute atomic E-state index is 12.7. The molecule has 1 atom stereocenters. The lowest BCUT2D eigenvalue weighted by molar-refractivity contribution is -0.140. The summed E-state index contributed by atoms with van der Waals surface area (Å²) in [5.41, 5.74) is 0.632. The van der Waals surface area contributed by atoms with Gasteiger partial charge >= 0.3 is 6.18 Å². The number of rotatable bonds is 5. The van der Waals surface area contributed by atoms with Crippen molar-refractivity contribution in [3.63, 3.8) is 0 Å². The quantitative estimate of drug-likeness (QED) is 0.800.